The van der Waals surface area contributed by atoms with Crippen LogP contribution in [0.1, 0.15) is 36.4 Å². The van der Waals surface area contributed by atoms with Gasteiger partial charge in [-0.15, -0.1) is 0 Å². The van der Waals surface area contributed by atoms with E-state index in [0.29, 0.717) is 24.1 Å². The van der Waals surface area contributed by atoms with E-state index in [-0.39, 0.29) is 11.8 Å². The molecule has 2 aromatic carbocycles. The molecule has 1 aromatic heterocycles. The molecule has 2 fully saturated rings. The van der Waals surface area contributed by atoms with E-state index in [0.717, 1.165) is 57.9 Å². The Bertz CT molecular complexity index is 1130. The molecule has 2 aliphatic rings. The van der Waals surface area contributed by atoms with E-state index in [9.17, 15) is 9.18 Å². The Morgan fingerprint density at radius 3 is 2.55 bits per heavy atom. The van der Waals surface area contributed by atoms with Crippen LogP contribution in [-0.2, 0) is 0 Å². The average Bonchev–Trinajstić information content (AvgIpc) is 3.56. The van der Waals surface area contributed by atoms with E-state index in [1.165, 1.54) is 16.9 Å². The van der Waals surface area contributed by atoms with Gasteiger partial charge < -0.3 is 0 Å². The highest BCUT2D eigenvalue weighted by atomic mass is 32.2. The summed E-state index contributed by atoms with van der Waals surface area (Å²) < 4.78 is 14.8. The number of anilines is 2. The molecular weight excluding hydrogens is 431 g/mol. The summed E-state index contributed by atoms with van der Waals surface area (Å²) in [5.41, 5.74) is 4.83. The Kier molecular flexibility index (Phi) is 5.45. The minimum absolute atomic E-state index is 0.0780. The van der Waals surface area contributed by atoms with Crippen molar-refractivity contribution in [2.75, 3.05) is 22.9 Å². The fourth-order valence-corrected chi connectivity index (χ4v) is 5.54. The number of rotatable bonds is 5. The van der Waals surface area contributed by atoms with Gasteiger partial charge in [-0.1, -0.05) is 29.5 Å². The van der Waals surface area contributed by atoms with Crippen LogP contribution < -0.4 is 14.9 Å². The Morgan fingerprint density at radius 1 is 1.13 bits per heavy atom. The molecule has 0 atom stereocenters. The molecule has 0 radical (unpaired) electrons. The predicted molar refractivity (Wildman–Crippen MR) is 125 cm³/mol. The van der Waals surface area contributed by atoms with Crippen LogP contribution in [0.5, 0.6) is 0 Å². The number of nitrogens with two attached hydrogens (primary N) is 1. The maximum Gasteiger partial charge on any atom is 0.330 e. The number of nitrogens with zero attached hydrogens (tertiary/aromatic N) is 3. The molecule has 1 aliphatic heterocycles. The van der Waals surface area contributed by atoms with E-state index in [1.54, 1.807) is 21.9 Å². The van der Waals surface area contributed by atoms with Crippen molar-refractivity contribution >= 4 is 40.1 Å². The second kappa shape index (κ2) is 8.26. The van der Waals surface area contributed by atoms with Crippen LogP contribution in [0.4, 0.5) is 20.0 Å². The SMILES string of the molecule is Cc1nc(N2CCCN(c3ccc(-c4cc(F)ccc4C4CC4)cc3)C2=O)sc1SN. The molecule has 1 saturated heterocycles. The zero-order valence-electron chi connectivity index (χ0n) is 17.2. The summed E-state index contributed by atoms with van der Waals surface area (Å²) in [5, 5.41) is 6.39. The lowest BCUT2D eigenvalue weighted by molar-refractivity contribution is 0.248. The van der Waals surface area contributed by atoms with Crippen LogP contribution in [0.2, 0.25) is 0 Å². The van der Waals surface area contributed by atoms with Crippen molar-refractivity contribution in [2.24, 2.45) is 5.14 Å². The molecule has 8 heteroatoms. The first kappa shape index (κ1) is 20.5. The third-order valence-electron chi connectivity index (χ3n) is 5.83. The molecule has 0 spiro atoms. The number of urea groups is 1. The average molecular weight is 455 g/mol. The van der Waals surface area contributed by atoms with Gasteiger partial charge in [-0.2, -0.15) is 0 Å². The zero-order valence-corrected chi connectivity index (χ0v) is 18.8. The summed E-state index contributed by atoms with van der Waals surface area (Å²) in [7, 11) is 0. The van der Waals surface area contributed by atoms with Crippen molar-refractivity contribution in [3.63, 3.8) is 0 Å². The van der Waals surface area contributed by atoms with Gasteiger partial charge in [0, 0.05) is 18.8 Å². The summed E-state index contributed by atoms with van der Waals surface area (Å²) in [6.07, 6.45) is 3.18. The van der Waals surface area contributed by atoms with Gasteiger partial charge in [0.15, 0.2) is 5.13 Å². The van der Waals surface area contributed by atoms with E-state index in [2.05, 4.69) is 4.98 Å². The molecular formula is C23H23FN4OS2. The highest BCUT2D eigenvalue weighted by Gasteiger charge is 2.31. The van der Waals surface area contributed by atoms with Gasteiger partial charge in [-0.05, 0) is 85.0 Å². The fraction of sp³-hybridized carbons (Fsp3) is 0.304. The van der Waals surface area contributed by atoms with Crippen molar-refractivity contribution in [3.05, 3.63) is 59.5 Å². The van der Waals surface area contributed by atoms with Crippen molar-refractivity contribution in [1.29, 1.82) is 0 Å². The second-order valence-corrected chi connectivity index (χ2v) is 9.86. The lowest BCUT2D eigenvalue weighted by atomic mass is 9.96. The number of benzene rings is 2. The van der Waals surface area contributed by atoms with Crippen LogP contribution in [-0.4, -0.2) is 24.1 Å². The Balaban J connectivity index is 1.41. The maximum absolute atomic E-state index is 13.9. The maximum atomic E-state index is 13.9. The summed E-state index contributed by atoms with van der Waals surface area (Å²) in [6, 6.07) is 12.9. The number of hydrogen-bond acceptors (Lipinski definition) is 5. The Morgan fingerprint density at radius 2 is 1.87 bits per heavy atom. The molecule has 2 heterocycles. The fourth-order valence-electron chi connectivity index (χ4n) is 4.08. The molecule has 5 nitrogen and oxygen atoms in total. The van der Waals surface area contributed by atoms with Crippen molar-refractivity contribution < 1.29 is 9.18 Å². The third kappa shape index (κ3) is 3.95. The quantitative estimate of drug-likeness (QED) is 0.485. The summed E-state index contributed by atoms with van der Waals surface area (Å²) in [4.78, 5) is 21.3. The highest BCUT2D eigenvalue weighted by Crippen LogP contribution is 2.45. The van der Waals surface area contributed by atoms with Crippen LogP contribution in [0.3, 0.4) is 0 Å². The molecule has 160 valence electrons. The van der Waals surface area contributed by atoms with Crippen LogP contribution >= 0.6 is 23.3 Å². The van der Waals surface area contributed by atoms with E-state index < -0.39 is 0 Å². The van der Waals surface area contributed by atoms with Gasteiger partial charge in [0.2, 0.25) is 0 Å². The number of carbonyl (C=O) groups excluding carboxylic acids is 1. The van der Waals surface area contributed by atoms with Gasteiger partial charge >= 0.3 is 6.03 Å². The monoisotopic (exact) mass is 454 g/mol. The van der Waals surface area contributed by atoms with E-state index in [4.69, 9.17) is 5.14 Å². The first-order chi connectivity index (χ1) is 15.0. The van der Waals surface area contributed by atoms with E-state index in [1.807, 2.05) is 37.3 Å². The predicted octanol–water partition coefficient (Wildman–Crippen LogP) is 5.94. The number of hydrogen-bond donors (Lipinski definition) is 1. The first-order valence-corrected chi connectivity index (χ1v) is 12.1. The van der Waals surface area contributed by atoms with Gasteiger partial charge in [0.05, 0.1) is 9.90 Å². The van der Waals surface area contributed by atoms with Gasteiger partial charge in [-0.3, -0.25) is 14.9 Å². The minimum Gasteiger partial charge on any atom is -0.294 e. The number of halogens is 1. The molecule has 2 N–H and O–H groups in total. The van der Waals surface area contributed by atoms with Gasteiger partial charge in [0.25, 0.3) is 0 Å². The topological polar surface area (TPSA) is 62.5 Å². The lowest BCUT2D eigenvalue weighted by Crippen LogP contribution is -2.49. The Labute approximate surface area is 189 Å². The minimum atomic E-state index is -0.223. The van der Waals surface area contributed by atoms with E-state index >= 15 is 0 Å². The lowest BCUT2D eigenvalue weighted by Gasteiger charge is -2.34. The van der Waals surface area contributed by atoms with Crippen LogP contribution in [0.15, 0.2) is 46.7 Å². The van der Waals surface area contributed by atoms with Crippen molar-refractivity contribution in [2.45, 2.75) is 36.3 Å². The normalized spacial score (nSPS) is 16.8. The molecule has 1 aliphatic carbocycles. The smallest absolute Gasteiger partial charge is 0.294 e. The molecule has 3 aromatic rings. The number of carbonyl (C=O) groups is 1. The number of amides is 2. The molecule has 2 amide bonds. The molecule has 0 bridgehead atoms. The standard InChI is InChI=1S/C23H23FN4OS2/c1-14-21(31-25)30-22(26-14)28-12-2-11-27(23(28)29)18-8-5-16(6-9-18)20-13-17(24)7-10-19(20)15-3-4-15/h5-10,13,15H,2-4,11-12,25H2,1H3. The van der Waals surface area contributed by atoms with Gasteiger partial charge in [-0.25, -0.2) is 14.2 Å². The second-order valence-electron chi connectivity index (χ2n) is 7.98. The van der Waals surface area contributed by atoms with Gasteiger partial charge in [0.1, 0.15) is 5.82 Å². The summed E-state index contributed by atoms with van der Waals surface area (Å²) in [5.74, 6) is 0.310. The number of aromatic nitrogens is 1. The summed E-state index contributed by atoms with van der Waals surface area (Å²) >= 11 is 2.61. The number of thiazole rings is 1. The molecule has 31 heavy (non-hydrogen) atoms. The number of aryl methyl sites for hydroxylation is 1. The van der Waals surface area contributed by atoms with Crippen molar-refractivity contribution in [3.8, 4) is 11.1 Å². The molecule has 0 unspecified atom stereocenters. The first-order valence-electron chi connectivity index (χ1n) is 10.4. The molecule has 1 saturated carbocycles. The van der Waals surface area contributed by atoms with Crippen LogP contribution in [0.25, 0.3) is 11.1 Å². The molecule has 5 rings (SSSR count). The largest absolute Gasteiger partial charge is 0.330 e. The van der Waals surface area contributed by atoms with Crippen LogP contribution in [0, 0.1) is 12.7 Å². The summed E-state index contributed by atoms with van der Waals surface area (Å²) in [6.45, 7) is 3.20. The van der Waals surface area contributed by atoms with Crippen molar-refractivity contribution in [1.82, 2.24) is 4.98 Å². The Hall–Kier alpha value is -2.42. The third-order valence-corrected chi connectivity index (χ3v) is 7.85. The zero-order chi connectivity index (χ0) is 21.5. The highest BCUT2D eigenvalue weighted by molar-refractivity contribution is 7.99.